The van der Waals surface area contributed by atoms with Crippen LogP contribution in [0.5, 0.6) is 0 Å². The van der Waals surface area contributed by atoms with Crippen LogP contribution in [0.4, 0.5) is 0 Å². The summed E-state index contributed by atoms with van der Waals surface area (Å²) in [7, 11) is 1.00. The molecule has 6 heteroatoms. The number of aliphatic hydroxyl groups is 1. The van der Waals surface area contributed by atoms with Crippen LogP contribution in [0.25, 0.3) is 11.0 Å². The fourth-order valence-corrected chi connectivity index (χ4v) is 1.26. The summed E-state index contributed by atoms with van der Waals surface area (Å²) in [6, 6.07) is 4.80. The molecule has 0 spiro atoms. The van der Waals surface area contributed by atoms with Crippen LogP contribution in [0.3, 0.4) is 0 Å². The zero-order valence-electron chi connectivity index (χ0n) is 8.48. The number of hydrogen-bond donors (Lipinski definition) is 3. The Labute approximate surface area is 89.6 Å². The van der Waals surface area contributed by atoms with Crippen LogP contribution in [0, 0.1) is 0 Å². The number of nitrogens with one attached hydrogen (secondary N) is 2. The van der Waals surface area contributed by atoms with E-state index >= 15 is 0 Å². The lowest BCUT2D eigenvalue weighted by atomic mass is 10.2. The molecule has 2 rings (SSSR count). The summed E-state index contributed by atoms with van der Waals surface area (Å²) in [6.07, 6.45) is 0.622. The highest BCUT2D eigenvalue weighted by Gasteiger charge is 2.02. The molecule has 0 aliphatic carbocycles. The van der Waals surface area contributed by atoms with E-state index in [1.54, 1.807) is 18.2 Å². The molecule has 1 aromatic heterocycles. The number of aromatic amines is 2. The molecule has 0 saturated heterocycles. The highest BCUT2D eigenvalue weighted by atomic mass is 16.2. The van der Waals surface area contributed by atoms with Gasteiger partial charge in [-0.05, 0) is 12.1 Å². The summed E-state index contributed by atoms with van der Waals surface area (Å²) in [4.78, 5) is 37.3. The van der Waals surface area contributed by atoms with Crippen LogP contribution in [0.2, 0.25) is 0 Å². The molecule has 0 aliphatic rings. The first-order valence-electron chi connectivity index (χ1n) is 4.37. The molecule has 0 radical (unpaired) electrons. The van der Waals surface area contributed by atoms with Gasteiger partial charge in [-0.3, -0.25) is 14.4 Å². The van der Waals surface area contributed by atoms with Gasteiger partial charge < -0.3 is 15.1 Å². The molecule has 1 aromatic carbocycles. The van der Waals surface area contributed by atoms with Gasteiger partial charge in [-0.15, -0.1) is 0 Å². The lowest BCUT2D eigenvalue weighted by Crippen LogP contribution is -2.29. The van der Waals surface area contributed by atoms with Gasteiger partial charge in [-0.25, -0.2) is 0 Å². The summed E-state index contributed by atoms with van der Waals surface area (Å²) >= 11 is 0. The maximum absolute atomic E-state index is 11.0. The molecule has 6 nitrogen and oxygen atoms in total. The summed E-state index contributed by atoms with van der Waals surface area (Å²) in [5, 5.41) is 7.00. The summed E-state index contributed by atoms with van der Waals surface area (Å²) in [6.45, 7) is 0. The number of hydrogen-bond acceptors (Lipinski definition) is 4. The van der Waals surface area contributed by atoms with Gasteiger partial charge in [0, 0.05) is 12.7 Å². The third-order valence-electron chi connectivity index (χ3n) is 1.92. The Morgan fingerprint density at radius 3 is 2.38 bits per heavy atom. The largest absolute Gasteiger partial charge is 0.400 e. The summed E-state index contributed by atoms with van der Waals surface area (Å²) in [5.41, 5.74) is -0.338. The lowest BCUT2D eigenvalue weighted by molar-refractivity contribution is 0.112. The Kier molecular flexibility index (Phi) is 3.73. The van der Waals surface area contributed by atoms with E-state index in [1.807, 2.05) is 0 Å². The zero-order valence-corrected chi connectivity index (χ0v) is 8.48. The zero-order chi connectivity index (χ0) is 12.1. The van der Waals surface area contributed by atoms with Crippen LogP contribution >= 0.6 is 0 Å². The average molecular weight is 222 g/mol. The Hall–Kier alpha value is -2.21. The number of carbonyl (C=O) groups excluding carboxylic acids is 1. The van der Waals surface area contributed by atoms with Crippen LogP contribution in [0.15, 0.2) is 27.8 Å². The molecule has 0 aliphatic heterocycles. The van der Waals surface area contributed by atoms with Crippen molar-refractivity contribution < 1.29 is 9.90 Å². The highest BCUT2D eigenvalue weighted by Crippen LogP contribution is 2.08. The molecule has 1 heterocycles. The van der Waals surface area contributed by atoms with Gasteiger partial charge in [0.25, 0.3) is 0 Å². The van der Waals surface area contributed by atoms with Crippen molar-refractivity contribution in [1.29, 1.82) is 0 Å². The number of benzene rings is 1. The normalized spacial score (nSPS) is 9.38. The van der Waals surface area contributed by atoms with Crippen molar-refractivity contribution in [3.05, 3.63) is 44.5 Å². The van der Waals surface area contributed by atoms with E-state index in [-0.39, 0.29) is 0 Å². The van der Waals surface area contributed by atoms with E-state index in [0.717, 1.165) is 7.11 Å². The summed E-state index contributed by atoms with van der Waals surface area (Å²) < 4.78 is 0. The number of aromatic nitrogens is 2. The van der Waals surface area contributed by atoms with Gasteiger partial charge in [0.05, 0.1) is 11.0 Å². The minimum absolute atomic E-state index is 0.343. The van der Waals surface area contributed by atoms with E-state index in [4.69, 9.17) is 5.11 Å². The van der Waals surface area contributed by atoms with Crippen molar-refractivity contribution in [3.8, 4) is 0 Å². The monoisotopic (exact) mass is 222 g/mol. The standard InChI is InChI=1S/C9H6N2O3.CH4O/c12-4-5-2-1-3-6-7(5)11-9(14)8(13)10-6;1-2/h1-4H,(H,10,13)(H,11,14);2H,1H3. The highest BCUT2D eigenvalue weighted by molar-refractivity contribution is 5.93. The van der Waals surface area contributed by atoms with Gasteiger partial charge in [-0.1, -0.05) is 6.07 Å². The molecule has 16 heavy (non-hydrogen) atoms. The van der Waals surface area contributed by atoms with Crippen LogP contribution < -0.4 is 11.1 Å². The van der Waals surface area contributed by atoms with E-state index in [9.17, 15) is 14.4 Å². The minimum atomic E-state index is -0.758. The van der Waals surface area contributed by atoms with Crippen LogP contribution in [0.1, 0.15) is 10.4 Å². The fraction of sp³-hybridized carbons (Fsp3) is 0.100. The second kappa shape index (κ2) is 5.04. The van der Waals surface area contributed by atoms with Crippen molar-refractivity contribution in [1.82, 2.24) is 9.97 Å². The van der Waals surface area contributed by atoms with Gasteiger partial charge in [0.2, 0.25) is 0 Å². The number of carbonyl (C=O) groups is 1. The number of H-pyrrole nitrogens is 2. The number of fused-ring (bicyclic) bond motifs is 1. The number of aldehydes is 1. The minimum Gasteiger partial charge on any atom is -0.400 e. The molecule has 84 valence electrons. The molecule has 0 bridgehead atoms. The Bertz CT molecular complexity index is 612. The van der Waals surface area contributed by atoms with Crippen LogP contribution in [-0.2, 0) is 0 Å². The third-order valence-corrected chi connectivity index (χ3v) is 1.92. The maximum atomic E-state index is 11.0. The average Bonchev–Trinajstić information content (AvgIpc) is 2.32. The quantitative estimate of drug-likeness (QED) is 0.452. The SMILES string of the molecule is CO.O=Cc1cccc2[nH]c(=O)c(=O)[nH]c12. The maximum Gasteiger partial charge on any atom is 0.314 e. The molecular weight excluding hydrogens is 212 g/mol. The van der Waals surface area contributed by atoms with Crippen molar-refractivity contribution >= 4 is 17.3 Å². The predicted octanol–water partition coefficient (Wildman–Crippen LogP) is -0.363. The van der Waals surface area contributed by atoms with Crippen molar-refractivity contribution in [2.75, 3.05) is 7.11 Å². The molecule has 0 amide bonds. The Balaban J connectivity index is 0.000000606. The fourth-order valence-electron chi connectivity index (χ4n) is 1.26. The van der Waals surface area contributed by atoms with Gasteiger partial charge in [0.15, 0.2) is 6.29 Å². The molecular formula is C10H10N2O4. The van der Waals surface area contributed by atoms with Crippen molar-refractivity contribution in [2.24, 2.45) is 0 Å². The number of rotatable bonds is 1. The molecule has 0 atom stereocenters. The van der Waals surface area contributed by atoms with Gasteiger partial charge >= 0.3 is 11.1 Å². The first-order chi connectivity index (χ1) is 7.72. The number of aliphatic hydroxyl groups excluding tert-OH is 1. The summed E-state index contributed by atoms with van der Waals surface area (Å²) in [5.74, 6) is 0. The van der Waals surface area contributed by atoms with Crippen molar-refractivity contribution in [2.45, 2.75) is 0 Å². The second-order valence-electron chi connectivity index (χ2n) is 2.80. The van der Waals surface area contributed by atoms with E-state index < -0.39 is 11.1 Å². The molecule has 0 fully saturated rings. The molecule has 2 aromatic rings. The smallest absolute Gasteiger partial charge is 0.314 e. The lowest BCUT2D eigenvalue weighted by Gasteiger charge is -1.98. The first kappa shape index (κ1) is 11.9. The van der Waals surface area contributed by atoms with E-state index in [0.29, 0.717) is 22.9 Å². The van der Waals surface area contributed by atoms with Gasteiger partial charge in [0.1, 0.15) is 0 Å². The molecule has 0 unspecified atom stereocenters. The Morgan fingerprint density at radius 1 is 1.12 bits per heavy atom. The molecule has 0 saturated carbocycles. The van der Waals surface area contributed by atoms with E-state index in [1.165, 1.54) is 0 Å². The van der Waals surface area contributed by atoms with Crippen molar-refractivity contribution in [3.63, 3.8) is 0 Å². The van der Waals surface area contributed by atoms with Gasteiger partial charge in [-0.2, -0.15) is 0 Å². The topological polar surface area (TPSA) is 103 Å². The Morgan fingerprint density at radius 2 is 1.75 bits per heavy atom. The predicted molar refractivity (Wildman–Crippen MR) is 58.7 cm³/mol. The number of para-hydroxylation sites is 1. The first-order valence-corrected chi connectivity index (χ1v) is 4.37. The van der Waals surface area contributed by atoms with Crippen LogP contribution in [-0.4, -0.2) is 28.5 Å². The second-order valence-corrected chi connectivity index (χ2v) is 2.80. The third kappa shape index (κ3) is 2.06. The van der Waals surface area contributed by atoms with E-state index in [2.05, 4.69) is 9.97 Å². The molecule has 3 N–H and O–H groups in total.